The Hall–Kier alpha value is -7.42. The summed E-state index contributed by atoms with van der Waals surface area (Å²) in [5.41, 5.74) is 14.2. The van der Waals surface area contributed by atoms with Crippen molar-refractivity contribution < 1.29 is 19.1 Å². The average Bonchev–Trinajstić information content (AvgIpc) is 4.19. The predicted molar refractivity (Wildman–Crippen MR) is 261 cm³/mol. The van der Waals surface area contributed by atoms with Gasteiger partial charge in [0, 0.05) is 59.9 Å². The summed E-state index contributed by atoms with van der Waals surface area (Å²) in [6.45, 7) is 4.44. The molecule has 19 nitrogen and oxygen atoms in total. The van der Waals surface area contributed by atoms with Gasteiger partial charge in [-0.3, -0.25) is 19.8 Å². The molecule has 7 aromatic rings. The van der Waals surface area contributed by atoms with Crippen LogP contribution in [0.1, 0.15) is 39.7 Å². The second-order valence-corrected chi connectivity index (χ2v) is 17.3. The standard InChI is InChI=1S/C45H43N15O4S3/c1-2-25-65-44-52-39(48-20-19-46)38-40(53-44)59(58-55-38)27-30-15-13-29(14-16-30)17-18-35(61)47-21-23-64-24-22-49-41(62)34-26-50-43(67-34)56-54-37-36(32-11-7-4-8-12-32)57-60(42(37)63)45-51-33(28-66-45)31-9-5-3-6-10-31/h3-16,26,28H,2,19-25,27,46H2,1H3,(H,47,61)(H,49,62)(H,50,56)(H,48,52,53)/b54-37+. The molecule has 0 bridgehead atoms. The van der Waals surface area contributed by atoms with Crippen molar-refractivity contribution in [3.63, 3.8) is 0 Å². The van der Waals surface area contributed by atoms with E-state index in [1.807, 2.05) is 90.3 Å². The molecule has 0 aliphatic carbocycles. The number of carbonyl (C=O) groups is 3. The molecule has 5 heterocycles. The number of hydrogen-bond acceptors (Lipinski definition) is 18. The Bertz CT molecular complexity index is 2960. The zero-order chi connectivity index (χ0) is 46.4. The van der Waals surface area contributed by atoms with Gasteiger partial charge < -0.3 is 26.4 Å². The maximum absolute atomic E-state index is 13.7. The third kappa shape index (κ3) is 11.9. The number of benzene rings is 3. The molecule has 0 atom stereocenters. The molecule has 0 saturated heterocycles. The first-order chi connectivity index (χ1) is 32.9. The minimum Gasteiger partial charge on any atom is -0.378 e. The maximum Gasteiger partial charge on any atom is 0.303 e. The minimum atomic E-state index is -0.460. The summed E-state index contributed by atoms with van der Waals surface area (Å²) >= 11 is 3.95. The topological polar surface area (TPSA) is 245 Å². The molecule has 0 unspecified atom stereocenters. The molecule has 340 valence electrons. The number of fused-ring (bicyclic) bond motifs is 1. The van der Waals surface area contributed by atoms with Crippen LogP contribution in [-0.4, -0.2) is 109 Å². The SMILES string of the molecule is CCCSc1nc(NCCN)c2nnn(Cc3ccc(C#CC(=O)NCCOCCNC(=O)c4cnc(N/N=C5/C(=O)N(c6nc(-c7ccccc7)cs6)N=C5c5ccccc5)s4)cc3)c2n1. The first-order valence-corrected chi connectivity index (χ1v) is 23.8. The summed E-state index contributed by atoms with van der Waals surface area (Å²) in [6.07, 6.45) is 2.41. The lowest BCUT2D eigenvalue weighted by Gasteiger charge is -2.08. The van der Waals surface area contributed by atoms with Crippen molar-refractivity contribution in [2.24, 2.45) is 15.9 Å². The first-order valence-electron chi connectivity index (χ1n) is 21.1. The van der Waals surface area contributed by atoms with Gasteiger partial charge in [0.1, 0.15) is 10.6 Å². The lowest BCUT2D eigenvalue weighted by molar-refractivity contribution is -0.116. The van der Waals surface area contributed by atoms with Crippen LogP contribution >= 0.6 is 34.4 Å². The van der Waals surface area contributed by atoms with Crippen LogP contribution in [0.15, 0.2) is 112 Å². The largest absolute Gasteiger partial charge is 0.378 e. The van der Waals surface area contributed by atoms with Crippen LogP contribution in [0.2, 0.25) is 0 Å². The van der Waals surface area contributed by atoms with Gasteiger partial charge in [0.15, 0.2) is 27.8 Å². The van der Waals surface area contributed by atoms with Crippen LogP contribution < -0.4 is 32.1 Å². The quantitative estimate of drug-likeness (QED) is 0.0226. The summed E-state index contributed by atoms with van der Waals surface area (Å²) in [5.74, 6) is 5.73. The van der Waals surface area contributed by atoms with Crippen molar-refractivity contribution in [2.45, 2.75) is 25.0 Å². The molecule has 0 fully saturated rings. The Labute approximate surface area is 396 Å². The van der Waals surface area contributed by atoms with Crippen LogP contribution in [0, 0.1) is 11.8 Å². The molecular formula is C45H43N15O4S3. The molecule has 67 heavy (non-hydrogen) atoms. The molecule has 1 aliphatic rings. The van der Waals surface area contributed by atoms with E-state index in [9.17, 15) is 14.4 Å². The number of anilines is 3. The van der Waals surface area contributed by atoms with Crippen LogP contribution in [0.3, 0.4) is 0 Å². The fourth-order valence-electron chi connectivity index (χ4n) is 6.27. The third-order valence-corrected chi connectivity index (χ3v) is 12.3. The van der Waals surface area contributed by atoms with E-state index >= 15 is 0 Å². The second-order valence-electron chi connectivity index (χ2n) is 14.3. The van der Waals surface area contributed by atoms with E-state index in [0.29, 0.717) is 73.8 Å². The van der Waals surface area contributed by atoms with Gasteiger partial charge in [-0.2, -0.15) is 15.2 Å². The number of aromatic nitrogens is 7. The number of thiazole rings is 2. The van der Waals surface area contributed by atoms with Gasteiger partial charge in [-0.15, -0.1) is 16.4 Å². The molecule has 3 amide bonds. The molecule has 0 radical (unpaired) electrons. The minimum absolute atomic E-state index is 0.0723. The number of nitrogens with two attached hydrogens (primary N) is 1. The maximum atomic E-state index is 13.7. The summed E-state index contributed by atoms with van der Waals surface area (Å²) in [7, 11) is 0. The summed E-state index contributed by atoms with van der Waals surface area (Å²) in [5, 5.41) is 30.9. The lowest BCUT2D eigenvalue weighted by Crippen LogP contribution is -2.29. The highest BCUT2D eigenvalue weighted by atomic mass is 32.2. The van der Waals surface area contributed by atoms with Gasteiger partial charge in [-0.05, 0) is 24.1 Å². The zero-order valence-electron chi connectivity index (χ0n) is 36.0. The second kappa shape index (κ2) is 22.7. The molecular weight excluding hydrogens is 911 g/mol. The number of rotatable bonds is 20. The Morgan fingerprint density at radius 2 is 1.69 bits per heavy atom. The van der Waals surface area contributed by atoms with E-state index in [2.05, 4.69) is 75.6 Å². The van der Waals surface area contributed by atoms with Crippen molar-refractivity contribution >= 4 is 90.8 Å². The van der Waals surface area contributed by atoms with Crippen LogP contribution in [-0.2, 0) is 20.9 Å². The highest BCUT2D eigenvalue weighted by molar-refractivity contribution is 7.99. The number of amides is 3. The molecule has 1 aliphatic heterocycles. The molecule has 3 aromatic carbocycles. The van der Waals surface area contributed by atoms with E-state index in [-0.39, 0.29) is 37.9 Å². The normalized spacial score (nSPS) is 12.8. The van der Waals surface area contributed by atoms with E-state index in [4.69, 9.17) is 15.5 Å². The van der Waals surface area contributed by atoms with Crippen molar-refractivity contribution in [1.29, 1.82) is 0 Å². The number of nitrogens with zero attached hydrogens (tertiary/aromatic N) is 10. The van der Waals surface area contributed by atoms with Crippen molar-refractivity contribution in [1.82, 2.24) is 45.6 Å². The average molecular weight is 954 g/mol. The van der Waals surface area contributed by atoms with Crippen molar-refractivity contribution in [3.05, 3.63) is 118 Å². The number of carbonyl (C=O) groups excluding carboxylic acids is 3. The Morgan fingerprint density at radius 1 is 0.925 bits per heavy atom. The van der Waals surface area contributed by atoms with Crippen LogP contribution in [0.5, 0.6) is 0 Å². The summed E-state index contributed by atoms with van der Waals surface area (Å²) < 4.78 is 7.32. The fraction of sp³-hybridized carbons (Fsp3) is 0.222. The number of nitrogens with one attached hydrogen (secondary N) is 4. The molecule has 6 N–H and O–H groups in total. The number of hydrogen-bond donors (Lipinski definition) is 5. The van der Waals surface area contributed by atoms with Gasteiger partial charge in [0.05, 0.1) is 31.6 Å². The molecule has 0 spiro atoms. The van der Waals surface area contributed by atoms with Gasteiger partial charge >= 0.3 is 5.91 Å². The molecule has 4 aromatic heterocycles. The highest BCUT2D eigenvalue weighted by Crippen LogP contribution is 2.31. The summed E-state index contributed by atoms with van der Waals surface area (Å²) in [6, 6.07) is 26.4. The van der Waals surface area contributed by atoms with Gasteiger partial charge in [0.25, 0.3) is 11.8 Å². The van der Waals surface area contributed by atoms with E-state index in [1.54, 1.807) is 16.4 Å². The monoisotopic (exact) mass is 953 g/mol. The van der Waals surface area contributed by atoms with Crippen LogP contribution in [0.4, 0.5) is 16.1 Å². The van der Waals surface area contributed by atoms with Crippen molar-refractivity contribution in [3.8, 4) is 23.1 Å². The first kappa shape index (κ1) is 46.1. The van der Waals surface area contributed by atoms with E-state index in [0.717, 1.165) is 40.3 Å². The molecule has 0 saturated carbocycles. The molecule has 22 heteroatoms. The lowest BCUT2D eigenvalue weighted by atomic mass is 10.1. The zero-order valence-corrected chi connectivity index (χ0v) is 38.5. The molecule has 8 rings (SSSR count). The van der Waals surface area contributed by atoms with E-state index < -0.39 is 11.8 Å². The number of hydrazone groups is 2. The number of thioether (sulfide) groups is 1. The fourth-order valence-corrected chi connectivity index (χ4v) is 8.42. The van der Waals surface area contributed by atoms with Crippen LogP contribution in [0.25, 0.3) is 22.4 Å². The predicted octanol–water partition coefficient (Wildman–Crippen LogP) is 4.86. The smallest absolute Gasteiger partial charge is 0.303 e. The van der Waals surface area contributed by atoms with Crippen molar-refractivity contribution in [2.75, 3.05) is 60.9 Å². The van der Waals surface area contributed by atoms with E-state index in [1.165, 1.54) is 22.5 Å². The van der Waals surface area contributed by atoms with Gasteiger partial charge in [-0.1, -0.05) is 114 Å². The number of ether oxygens (including phenoxy) is 1. The van der Waals surface area contributed by atoms with Gasteiger partial charge in [0.2, 0.25) is 10.3 Å². The Balaban J connectivity index is 0.761. The Morgan fingerprint density at radius 3 is 2.45 bits per heavy atom. The Kier molecular flexibility index (Phi) is 15.6. The third-order valence-electron chi connectivity index (χ3n) is 9.49. The highest BCUT2D eigenvalue weighted by Gasteiger charge is 2.36. The van der Waals surface area contributed by atoms with Gasteiger partial charge in [-0.25, -0.2) is 24.6 Å². The summed E-state index contributed by atoms with van der Waals surface area (Å²) in [4.78, 5) is 57.5.